The molecule has 0 amide bonds. The van der Waals surface area contributed by atoms with Crippen molar-refractivity contribution in [2.75, 3.05) is 6.61 Å². The Morgan fingerprint density at radius 3 is 2.79 bits per heavy atom. The summed E-state index contributed by atoms with van der Waals surface area (Å²) < 4.78 is 1.74. The molecule has 0 spiro atoms. The minimum atomic E-state index is 0.0644. The quantitative estimate of drug-likeness (QED) is 0.728. The Bertz CT molecular complexity index is 502. The van der Waals surface area contributed by atoms with Crippen molar-refractivity contribution < 1.29 is 5.11 Å². The van der Waals surface area contributed by atoms with Gasteiger partial charge in [-0.25, -0.2) is 0 Å². The summed E-state index contributed by atoms with van der Waals surface area (Å²) in [5.74, 6) is 0. The number of hydrogen-bond acceptors (Lipinski definition) is 2. The first-order valence-corrected chi connectivity index (χ1v) is 4.56. The molecule has 72 valence electrons. The third-order valence-corrected chi connectivity index (χ3v) is 2.28. The topological polar surface area (TPSA) is 49.0 Å². The van der Waals surface area contributed by atoms with Crippen LogP contribution >= 0.6 is 0 Å². The summed E-state index contributed by atoms with van der Waals surface area (Å²) in [5.41, 5.74) is 0.456. The Labute approximate surface area is 81.8 Å². The highest BCUT2D eigenvalue weighted by Crippen LogP contribution is 2.07. The summed E-state index contributed by atoms with van der Waals surface area (Å²) in [6.07, 6.45) is 1.83. The van der Waals surface area contributed by atoms with Gasteiger partial charge >= 0.3 is 0 Å². The van der Waals surface area contributed by atoms with Gasteiger partial charge in [-0.05, 0) is 11.5 Å². The number of aliphatic hydroxyl groups is 1. The van der Waals surface area contributed by atoms with Crippen LogP contribution in [0.1, 0.15) is 0 Å². The van der Waals surface area contributed by atoms with Crippen molar-refractivity contribution >= 4 is 10.8 Å². The minimum Gasteiger partial charge on any atom is -0.395 e. The highest BCUT2D eigenvalue weighted by molar-refractivity contribution is 5.80. The van der Waals surface area contributed by atoms with Crippen LogP contribution in [0.5, 0.6) is 0 Å². The van der Waals surface area contributed by atoms with E-state index >= 15 is 0 Å². The highest BCUT2D eigenvalue weighted by Gasteiger charge is 1.97. The van der Waals surface area contributed by atoms with Crippen LogP contribution in [0.4, 0.5) is 0 Å². The van der Waals surface area contributed by atoms with Crippen molar-refractivity contribution in [3.05, 3.63) is 42.0 Å². The maximum atomic E-state index is 8.81. The van der Waals surface area contributed by atoms with Gasteiger partial charge < -0.3 is 9.67 Å². The second-order valence-electron chi connectivity index (χ2n) is 3.17. The Morgan fingerprint density at radius 2 is 2.00 bits per heavy atom. The van der Waals surface area contributed by atoms with Crippen LogP contribution in [0.2, 0.25) is 0 Å². The second kappa shape index (κ2) is 3.64. The van der Waals surface area contributed by atoms with E-state index in [-0.39, 0.29) is 6.61 Å². The second-order valence-corrected chi connectivity index (χ2v) is 3.17. The van der Waals surface area contributed by atoms with Crippen molar-refractivity contribution in [2.45, 2.75) is 6.54 Å². The zero-order valence-electron chi connectivity index (χ0n) is 7.77. The number of nitrogens with zero attached hydrogens (tertiary/aromatic N) is 1. The molecule has 1 aromatic carbocycles. The Balaban J connectivity index is 2.69. The van der Waals surface area contributed by atoms with E-state index < -0.39 is 0 Å². The highest BCUT2D eigenvalue weighted by atomic mass is 16.3. The van der Waals surface area contributed by atoms with Gasteiger partial charge in [0.2, 0.25) is 0 Å². The van der Waals surface area contributed by atoms with Gasteiger partial charge in [0.1, 0.15) is 5.49 Å². The molecule has 2 N–H and O–H groups in total. The molecule has 3 nitrogen and oxygen atoms in total. The van der Waals surface area contributed by atoms with Gasteiger partial charge in [-0.2, -0.15) is 0 Å². The molecule has 3 heteroatoms. The van der Waals surface area contributed by atoms with Crippen molar-refractivity contribution in [2.24, 2.45) is 0 Å². The number of aromatic nitrogens is 1. The summed E-state index contributed by atoms with van der Waals surface area (Å²) in [4.78, 5) is 0. The molecule has 0 fully saturated rings. The van der Waals surface area contributed by atoms with E-state index in [2.05, 4.69) is 0 Å². The molecule has 0 aliphatic heterocycles. The first-order chi connectivity index (χ1) is 6.83. The fourth-order valence-corrected chi connectivity index (χ4v) is 1.55. The molecule has 0 unspecified atom stereocenters. The molecule has 0 saturated heterocycles. The zero-order valence-corrected chi connectivity index (χ0v) is 7.77. The number of nitrogens with one attached hydrogen (secondary N) is 1. The molecular weight excluding hydrogens is 176 g/mol. The zero-order chi connectivity index (χ0) is 9.97. The number of rotatable bonds is 2. The average Bonchev–Trinajstić information content (AvgIpc) is 2.23. The van der Waals surface area contributed by atoms with Crippen molar-refractivity contribution in [3.63, 3.8) is 0 Å². The maximum Gasteiger partial charge on any atom is 0.132 e. The third-order valence-electron chi connectivity index (χ3n) is 2.28. The predicted molar refractivity (Wildman–Crippen MR) is 54.9 cm³/mol. The van der Waals surface area contributed by atoms with Crippen molar-refractivity contribution in [1.82, 2.24) is 4.57 Å². The van der Waals surface area contributed by atoms with E-state index in [1.54, 1.807) is 4.57 Å². The Hall–Kier alpha value is -1.61. The molecule has 0 bridgehead atoms. The average molecular weight is 188 g/mol. The monoisotopic (exact) mass is 188 g/mol. The van der Waals surface area contributed by atoms with Gasteiger partial charge in [0.25, 0.3) is 0 Å². The van der Waals surface area contributed by atoms with E-state index in [9.17, 15) is 0 Å². The lowest BCUT2D eigenvalue weighted by molar-refractivity contribution is 0.273. The lowest BCUT2D eigenvalue weighted by Gasteiger charge is -2.06. The molecule has 14 heavy (non-hydrogen) atoms. The summed E-state index contributed by atoms with van der Waals surface area (Å²) in [7, 11) is 0. The number of pyridine rings is 1. The molecule has 0 atom stereocenters. The summed E-state index contributed by atoms with van der Waals surface area (Å²) >= 11 is 0. The summed E-state index contributed by atoms with van der Waals surface area (Å²) in [6.45, 7) is 0.540. The van der Waals surface area contributed by atoms with Gasteiger partial charge in [-0.1, -0.05) is 24.3 Å². The number of hydrogen-bond donors (Lipinski definition) is 2. The Kier molecular flexibility index (Phi) is 2.33. The van der Waals surface area contributed by atoms with E-state index in [4.69, 9.17) is 10.5 Å². The summed E-state index contributed by atoms with van der Waals surface area (Å²) in [5, 5.41) is 18.7. The maximum absolute atomic E-state index is 8.81. The molecule has 2 rings (SSSR count). The van der Waals surface area contributed by atoms with Gasteiger partial charge in [0.05, 0.1) is 6.61 Å². The smallest absolute Gasteiger partial charge is 0.132 e. The SMILES string of the molecule is N=c1c2ccccc2ccn1CCO. The van der Waals surface area contributed by atoms with E-state index in [0.29, 0.717) is 12.0 Å². The molecule has 2 aromatic rings. The standard InChI is InChI=1S/C11H12N2O/c12-11-10-4-2-1-3-9(10)5-6-13(11)7-8-14/h1-6,12,14H,7-8H2. The third kappa shape index (κ3) is 1.42. The molecule has 0 saturated carbocycles. The normalized spacial score (nSPS) is 10.6. The van der Waals surface area contributed by atoms with Crippen LogP contribution in [-0.2, 0) is 6.54 Å². The fraction of sp³-hybridized carbons (Fsp3) is 0.182. The first kappa shape index (κ1) is 8.97. The van der Waals surface area contributed by atoms with Crippen LogP contribution in [0, 0.1) is 5.41 Å². The van der Waals surface area contributed by atoms with Crippen LogP contribution in [-0.4, -0.2) is 16.3 Å². The van der Waals surface area contributed by atoms with Crippen LogP contribution in [0.15, 0.2) is 36.5 Å². The number of benzene rings is 1. The minimum absolute atomic E-state index is 0.0644. The van der Waals surface area contributed by atoms with Gasteiger partial charge in [-0.3, -0.25) is 5.41 Å². The number of aliphatic hydroxyl groups excluding tert-OH is 1. The van der Waals surface area contributed by atoms with Crippen LogP contribution in [0.3, 0.4) is 0 Å². The van der Waals surface area contributed by atoms with Crippen molar-refractivity contribution in [1.29, 1.82) is 5.41 Å². The molecule has 0 aliphatic rings. The predicted octanol–water partition coefficient (Wildman–Crippen LogP) is 1.11. The van der Waals surface area contributed by atoms with Crippen LogP contribution in [0.25, 0.3) is 10.8 Å². The summed E-state index contributed by atoms with van der Waals surface area (Å²) in [6, 6.07) is 9.74. The molecule has 0 radical (unpaired) electrons. The lowest BCUT2D eigenvalue weighted by atomic mass is 10.2. The van der Waals surface area contributed by atoms with E-state index in [0.717, 1.165) is 10.8 Å². The molecule has 0 aliphatic carbocycles. The van der Waals surface area contributed by atoms with E-state index in [1.165, 1.54) is 0 Å². The van der Waals surface area contributed by atoms with Gasteiger partial charge in [-0.15, -0.1) is 0 Å². The van der Waals surface area contributed by atoms with Crippen LogP contribution < -0.4 is 5.49 Å². The van der Waals surface area contributed by atoms with Gasteiger partial charge in [0.15, 0.2) is 0 Å². The number of fused-ring (bicyclic) bond motifs is 1. The largest absolute Gasteiger partial charge is 0.395 e. The first-order valence-electron chi connectivity index (χ1n) is 4.56. The molecule has 1 aromatic heterocycles. The van der Waals surface area contributed by atoms with E-state index in [1.807, 2.05) is 36.5 Å². The molecule has 1 heterocycles. The molecular formula is C11H12N2O. The van der Waals surface area contributed by atoms with Gasteiger partial charge in [0, 0.05) is 18.1 Å². The fourth-order valence-electron chi connectivity index (χ4n) is 1.55. The Morgan fingerprint density at radius 1 is 1.21 bits per heavy atom. The van der Waals surface area contributed by atoms with Crippen molar-refractivity contribution in [3.8, 4) is 0 Å². The lowest BCUT2D eigenvalue weighted by Crippen LogP contribution is -2.21.